The lowest BCUT2D eigenvalue weighted by molar-refractivity contribution is 0.112. The van der Waals surface area contributed by atoms with E-state index in [9.17, 15) is 4.79 Å². The van der Waals surface area contributed by atoms with Gasteiger partial charge in [-0.05, 0) is 11.6 Å². The monoisotopic (exact) mass is 197 g/mol. The standard InChI is InChI=1S/C13H11NO/c14-13-8-4-3-7-12(13)11-6-2-1-5-10(11)9-15/h1-9H,14H2. The molecule has 0 heterocycles. The Morgan fingerprint density at radius 3 is 2.13 bits per heavy atom. The number of nitrogens with two attached hydrogens (primary N) is 1. The van der Waals surface area contributed by atoms with Crippen molar-refractivity contribution in [2.75, 3.05) is 5.73 Å². The normalized spacial score (nSPS) is 9.87. The predicted octanol–water partition coefficient (Wildman–Crippen LogP) is 2.75. The molecule has 0 aliphatic rings. The predicted molar refractivity (Wildman–Crippen MR) is 61.7 cm³/mol. The van der Waals surface area contributed by atoms with Crippen LogP contribution in [-0.4, -0.2) is 6.29 Å². The van der Waals surface area contributed by atoms with Crippen LogP contribution in [-0.2, 0) is 0 Å². The van der Waals surface area contributed by atoms with Gasteiger partial charge in [-0.25, -0.2) is 0 Å². The Bertz CT molecular complexity index is 491. The van der Waals surface area contributed by atoms with Crippen LogP contribution in [0.1, 0.15) is 10.4 Å². The molecule has 0 unspecified atom stereocenters. The number of carbonyl (C=O) groups is 1. The molecule has 0 spiro atoms. The maximum absolute atomic E-state index is 10.9. The van der Waals surface area contributed by atoms with Gasteiger partial charge < -0.3 is 5.73 Å². The lowest BCUT2D eigenvalue weighted by atomic mass is 9.99. The Morgan fingerprint density at radius 1 is 0.867 bits per heavy atom. The molecule has 2 N–H and O–H groups in total. The average molecular weight is 197 g/mol. The van der Waals surface area contributed by atoms with Gasteiger partial charge in [-0.2, -0.15) is 0 Å². The van der Waals surface area contributed by atoms with Gasteiger partial charge >= 0.3 is 0 Å². The van der Waals surface area contributed by atoms with Crippen molar-refractivity contribution in [3.05, 3.63) is 54.1 Å². The summed E-state index contributed by atoms with van der Waals surface area (Å²) in [5.74, 6) is 0. The summed E-state index contributed by atoms with van der Waals surface area (Å²) in [4.78, 5) is 10.9. The third-order valence-corrected chi connectivity index (χ3v) is 2.34. The Labute approximate surface area is 88.4 Å². The number of rotatable bonds is 2. The van der Waals surface area contributed by atoms with Gasteiger partial charge in [0.05, 0.1) is 0 Å². The summed E-state index contributed by atoms with van der Waals surface area (Å²) in [5.41, 5.74) is 8.99. The number of nitrogen functional groups attached to an aromatic ring is 1. The largest absolute Gasteiger partial charge is 0.398 e. The molecule has 0 saturated heterocycles. The highest BCUT2D eigenvalue weighted by atomic mass is 16.1. The van der Waals surface area contributed by atoms with E-state index in [1.165, 1.54) is 0 Å². The zero-order valence-corrected chi connectivity index (χ0v) is 8.18. The minimum atomic E-state index is 0.662. The number of carbonyl (C=O) groups excluding carboxylic acids is 1. The molecule has 15 heavy (non-hydrogen) atoms. The molecule has 2 nitrogen and oxygen atoms in total. The van der Waals surface area contributed by atoms with Gasteiger partial charge in [-0.1, -0.05) is 42.5 Å². The summed E-state index contributed by atoms with van der Waals surface area (Å²) in [5, 5.41) is 0. The number of aldehydes is 1. The van der Waals surface area contributed by atoms with Crippen LogP contribution in [0.5, 0.6) is 0 Å². The molecule has 0 amide bonds. The fraction of sp³-hybridized carbons (Fsp3) is 0. The molecule has 0 aliphatic carbocycles. The second kappa shape index (κ2) is 3.96. The first-order chi connectivity index (χ1) is 7.33. The minimum Gasteiger partial charge on any atom is -0.398 e. The molecule has 2 aromatic carbocycles. The summed E-state index contributed by atoms with van der Waals surface area (Å²) in [6.45, 7) is 0. The molecular weight excluding hydrogens is 186 g/mol. The van der Waals surface area contributed by atoms with E-state index in [1.807, 2.05) is 42.5 Å². The average Bonchev–Trinajstić information content (AvgIpc) is 2.30. The Hall–Kier alpha value is -2.09. The van der Waals surface area contributed by atoms with Crippen molar-refractivity contribution >= 4 is 12.0 Å². The maximum Gasteiger partial charge on any atom is 0.150 e. The molecular formula is C13H11NO. The third-order valence-electron chi connectivity index (χ3n) is 2.34. The quantitative estimate of drug-likeness (QED) is 0.594. The van der Waals surface area contributed by atoms with Crippen LogP contribution in [0.15, 0.2) is 48.5 Å². The molecule has 0 saturated carbocycles. The van der Waals surface area contributed by atoms with E-state index in [0.29, 0.717) is 11.3 Å². The van der Waals surface area contributed by atoms with Gasteiger partial charge in [-0.3, -0.25) is 4.79 Å². The van der Waals surface area contributed by atoms with Gasteiger partial charge in [0.2, 0.25) is 0 Å². The van der Waals surface area contributed by atoms with Crippen LogP contribution >= 0.6 is 0 Å². The summed E-state index contributed by atoms with van der Waals surface area (Å²) in [7, 11) is 0. The van der Waals surface area contributed by atoms with Gasteiger partial charge in [-0.15, -0.1) is 0 Å². The summed E-state index contributed by atoms with van der Waals surface area (Å²) in [6, 6.07) is 15.0. The fourth-order valence-corrected chi connectivity index (χ4v) is 1.59. The van der Waals surface area contributed by atoms with E-state index >= 15 is 0 Å². The first-order valence-corrected chi connectivity index (χ1v) is 4.72. The van der Waals surface area contributed by atoms with Gasteiger partial charge in [0.15, 0.2) is 6.29 Å². The maximum atomic E-state index is 10.9. The van der Waals surface area contributed by atoms with Crippen molar-refractivity contribution in [3.63, 3.8) is 0 Å². The van der Waals surface area contributed by atoms with E-state index in [1.54, 1.807) is 6.07 Å². The second-order valence-corrected chi connectivity index (χ2v) is 3.29. The van der Waals surface area contributed by atoms with Crippen molar-refractivity contribution < 1.29 is 4.79 Å². The first kappa shape index (κ1) is 9.46. The SMILES string of the molecule is Nc1ccccc1-c1ccccc1C=O. The van der Waals surface area contributed by atoms with Crippen LogP contribution < -0.4 is 5.73 Å². The fourth-order valence-electron chi connectivity index (χ4n) is 1.59. The van der Waals surface area contributed by atoms with Crippen LogP contribution in [0, 0.1) is 0 Å². The highest BCUT2D eigenvalue weighted by molar-refractivity contribution is 5.90. The lowest BCUT2D eigenvalue weighted by Crippen LogP contribution is -1.92. The third kappa shape index (κ3) is 1.74. The number of hydrogen-bond donors (Lipinski definition) is 1. The molecule has 2 aromatic rings. The molecule has 0 atom stereocenters. The van der Waals surface area contributed by atoms with Crippen LogP contribution in [0.25, 0.3) is 11.1 Å². The number of anilines is 1. The highest BCUT2D eigenvalue weighted by Crippen LogP contribution is 2.27. The van der Waals surface area contributed by atoms with E-state index < -0.39 is 0 Å². The van der Waals surface area contributed by atoms with E-state index in [-0.39, 0.29) is 0 Å². The van der Waals surface area contributed by atoms with E-state index in [4.69, 9.17) is 5.73 Å². The first-order valence-electron chi connectivity index (χ1n) is 4.72. The van der Waals surface area contributed by atoms with Crippen molar-refractivity contribution in [3.8, 4) is 11.1 Å². The number of hydrogen-bond acceptors (Lipinski definition) is 2. The van der Waals surface area contributed by atoms with E-state index in [0.717, 1.165) is 17.4 Å². The van der Waals surface area contributed by atoms with Gasteiger partial charge in [0.1, 0.15) is 0 Å². The van der Waals surface area contributed by atoms with Crippen molar-refractivity contribution in [1.82, 2.24) is 0 Å². The molecule has 0 radical (unpaired) electrons. The highest BCUT2D eigenvalue weighted by Gasteiger charge is 2.05. The van der Waals surface area contributed by atoms with Crippen LogP contribution in [0.2, 0.25) is 0 Å². The van der Waals surface area contributed by atoms with Crippen molar-refractivity contribution in [1.29, 1.82) is 0 Å². The van der Waals surface area contributed by atoms with Crippen molar-refractivity contribution in [2.45, 2.75) is 0 Å². The van der Waals surface area contributed by atoms with E-state index in [2.05, 4.69) is 0 Å². The second-order valence-electron chi connectivity index (χ2n) is 3.29. The molecule has 2 heteroatoms. The van der Waals surface area contributed by atoms with Crippen LogP contribution in [0.3, 0.4) is 0 Å². The number of para-hydroxylation sites is 1. The molecule has 74 valence electrons. The molecule has 0 bridgehead atoms. The lowest BCUT2D eigenvalue weighted by Gasteiger charge is -2.07. The Kier molecular flexibility index (Phi) is 2.50. The smallest absolute Gasteiger partial charge is 0.150 e. The molecule has 0 fully saturated rings. The Balaban J connectivity index is 2.64. The molecule has 0 aromatic heterocycles. The topological polar surface area (TPSA) is 43.1 Å². The molecule has 2 rings (SSSR count). The van der Waals surface area contributed by atoms with Crippen LogP contribution in [0.4, 0.5) is 5.69 Å². The Morgan fingerprint density at radius 2 is 1.47 bits per heavy atom. The van der Waals surface area contributed by atoms with Gasteiger partial charge in [0, 0.05) is 16.8 Å². The van der Waals surface area contributed by atoms with Gasteiger partial charge in [0.25, 0.3) is 0 Å². The molecule has 0 aliphatic heterocycles. The summed E-state index contributed by atoms with van der Waals surface area (Å²) >= 11 is 0. The summed E-state index contributed by atoms with van der Waals surface area (Å²) < 4.78 is 0. The zero-order chi connectivity index (χ0) is 10.7. The summed E-state index contributed by atoms with van der Waals surface area (Å²) in [6.07, 6.45) is 0.849. The zero-order valence-electron chi connectivity index (χ0n) is 8.18. The van der Waals surface area contributed by atoms with Crippen molar-refractivity contribution in [2.24, 2.45) is 0 Å². The minimum absolute atomic E-state index is 0.662. The number of benzene rings is 2.